The molecule has 14 nitrogen and oxygen atoms in total. The van der Waals surface area contributed by atoms with Crippen LogP contribution in [0.25, 0.3) is 0 Å². The van der Waals surface area contributed by atoms with E-state index in [2.05, 4.69) is 35.9 Å². The van der Waals surface area contributed by atoms with Gasteiger partial charge < -0.3 is 41.9 Å². The predicted molar refractivity (Wildman–Crippen MR) is 133 cm³/mol. The van der Waals surface area contributed by atoms with Crippen LogP contribution in [0.5, 0.6) is 5.75 Å². The van der Waals surface area contributed by atoms with Crippen molar-refractivity contribution in [2.24, 2.45) is 5.73 Å². The Hall–Kier alpha value is -4.72. The molecule has 0 saturated heterocycles. The summed E-state index contributed by atoms with van der Waals surface area (Å²) >= 11 is 0. The van der Waals surface area contributed by atoms with Crippen molar-refractivity contribution in [2.75, 3.05) is 0 Å². The number of aromatic nitrogens is 4. The predicted octanol–water partition coefficient (Wildman–Crippen LogP) is -1.25. The average molecular weight is 527 g/mol. The number of aliphatic carboxylic acids is 1. The highest BCUT2D eigenvalue weighted by atomic mass is 16.4. The molecule has 2 heterocycles. The minimum atomic E-state index is -1.25. The second kappa shape index (κ2) is 13.0. The molecule has 0 aliphatic rings. The number of phenols is 1. The van der Waals surface area contributed by atoms with E-state index < -0.39 is 47.9 Å². The third-order valence-electron chi connectivity index (χ3n) is 5.69. The van der Waals surface area contributed by atoms with E-state index in [-0.39, 0.29) is 25.0 Å². The number of H-pyrrole nitrogens is 2. The molecule has 4 unspecified atom stereocenters. The molecule has 3 aromatic rings. The quantitative estimate of drug-likeness (QED) is 0.133. The van der Waals surface area contributed by atoms with Gasteiger partial charge in [0.05, 0.1) is 18.7 Å². The summed E-state index contributed by atoms with van der Waals surface area (Å²) in [4.78, 5) is 63.5. The molecular formula is C24H30N8O6. The van der Waals surface area contributed by atoms with E-state index in [4.69, 9.17) is 5.73 Å². The third kappa shape index (κ3) is 8.16. The fraction of sp³-hybridized carbons (Fsp3) is 0.333. The number of nitrogens with two attached hydrogens (primary N) is 1. The fourth-order valence-corrected chi connectivity index (χ4v) is 3.58. The number of phenolic OH excluding ortho intramolecular Hbond substituents is 1. The van der Waals surface area contributed by atoms with E-state index in [0.29, 0.717) is 17.0 Å². The van der Waals surface area contributed by atoms with Crippen molar-refractivity contribution in [1.82, 2.24) is 35.9 Å². The molecule has 0 aliphatic carbocycles. The normalized spacial score (nSPS) is 14.1. The number of carboxylic acid groups (broad SMARTS) is 1. The van der Waals surface area contributed by atoms with Gasteiger partial charge in [-0.2, -0.15) is 0 Å². The van der Waals surface area contributed by atoms with E-state index in [1.54, 1.807) is 12.1 Å². The Morgan fingerprint density at radius 2 is 1.39 bits per heavy atom. The molecule has 38 heavy (non-hydrogen) atoms. The van der Waals surface area contributed by atoms with Gasteiger partial charge in [0, 0.05) is 36.6 Å². The first-order valence-corrected chi connectivity index (χ1v) is 11.7. The van der Waals surface area contributed by atoms with Crippen LogP contribution < -0.4 is 21.7 Å². The van der Waals surface area contributed by atoms with Crippen LogP contribution in [0, 0.1) is 0 Å². The minimum Gasteiger partial charge on any atom is -0.508 e. The summed E-state index contributed by atoms with van der Waals surface area (Å²) in [5.41, 5.74) is 7.83. The third-order valence-corrected chi connectivity index (χ3v) is 5.69. The lowest BCUT2D eigenvalue weighted by Crippen LogP contribution is -2.57. The molecule has 4 atom stereocenters. The largest absolute Gasteiger partial charge is 0.508 e. The Bertz CT molecular complexity index is 1210. The fourth-order valence-electron chi connectivity index (χ4n) is 3.58. The molecule has 0 aliphatic heterocycles. The van der Waals surface area contributed by atoms with Gasteiger partial charge in [0.15, 0.2) is 0 Å². The number of rotatable bonds is 13. The van der Waals surface area contributed by atoms with Crippen molar-refractivity contribution in [1.29, 1.82) is 0 Å². The number of carboxylic acids is 1. The van der Waals surface area contributed by atoms with Crippen molar-refractivity contribution in [3.63, 3.8) is 0 Å². The summed E-state index contributed by atoms with van der Waals surface area (Å²) in [5.74, 6) is -3.16. The van der Waals surface area contributed by atoms with Crippen LogP contribution in [-0.2, 0) is 38.4 Å². The van der Waals surface area contributed by atoms with Crippen LogP contribution in [0.2, 0.25) is 0 Å². The van der Waals surface area contributed by atoms with Crippen LogP contribution in [0.15, 0.2) is 49.3 Å². The first-order chi connectivity index (χ1) is 18.1. The lowest BCUT2D eigenvalue weighted by Gasteiger charge is -2.23. The summed E-state index contributed by atoms with van der Waals surface area (Å²) in [7, 11) is 0. The Balaban J connectivity index is 1.62. The smallest absolute Gasteiger partial charge is 0.326 e. The highest BCUT2D eigenvalue weighted by molar-refractivity contribution is 5.94. The highest BCUT2D eigenvalue weighted by Crippen LogP contribution is 2.11. The maximum Gasteiger partial charge on any atom is 0.326 e. The summed E-state index contributed by atoms with van der Waals surface area (Å²) < 4.78 is 0. The molecule has 3 rings (SSSR count). The zero-order valence-electron chi connectivity index (χ0n) is 20.5. The molecule has 0 saturated carbocycles. The number of aromatic hydroxyl groups is 1. The van der Waals surface area contributed by atoms with Crippen LogP contribution in [0.3, 0.4) is 0 Å². The summed E-state index contributed by atoms with van der Waals surface area (Å²) in [6.45, 7) is 1.40. The molecule has 0 radical (unpaired) electrons. The number of hydrogen-bond donors (Lipinski definition) is 8. The Morgan fingerprint density at radius 3 is 1.92 bits per heavy atom. The van der Waals surface area contributed by atoms with Crippen LogP contribution in [0.4, 0.5) is 0 Å². The number of hydrogen-bond acceptors (Lipinski definition) is 8. The molecule has 0 bridgehead atoms. The second-order valence-electron chi connectivity index (χ2n) is 8.73. The van der Waals surface area contributed by atoms with Gasteiger partial charge in [-0.25, -0.2) is 14.8 Å². The zero-order chi connectivity index (χ0) is 27.7. The number of nitrogens with zero attached hydrogens (tertiary/aromatic N) is 2. The maximum absolute atomic E-state index is 13.1. The van der Waals surface area contributed by atoms with Gasteiger partial charge >= 0.3 is 5.97 Å². The standard InChI is InChI=1S/C24H30N8O6/c1-13(21(34)32-20(24(37)38)8-16-10-27-12-29-16)30-23(36)19(7-15-9-26-11-28-15)31-22(35)18(25)6-14-2-4-17(33)5-3-14/h2-5,9-13,18-20,33H,6-8,25H2,1H3,(H,26,28)(H,27,29)(H,30,36)(H,31,35)(H,32,34)(H,37,38). The molecular weight excluding hydrogens is 496 g/mol. The SMILES string of the molecule is CC(NC(=O)C(Cc1cnc[nH]1)NC(=O)C(N)Cc1ccc(O)cc1)C(=O)NC(Cc1cnc[nH]1)C(=O)O. The number of imidazole rings is 2. The molecule has 3 amide bonds. The molecule has 9 N–H and O–H groups in total. The Labute approximate surface area is 217 Å². The van der Waals surface area contributed by atoms with E-state index in [0.717, 1.165) is 0 Å². The van der Waals surface area contributed by atoms with Crippen LogP contribution in [-0.4, -0.2) is 78.0 Å². The highest BCUT2D eigenvalue weighted by Gasteiger charge is 2.29. The summed E-state index contributed by atoms with van der Waals surface area (Å²) in [6.07, 6.45) is 5.92. The number of benzene rings is 1. The Morgan fingerprint density at radius 1 is 0.842 bits per heavy atom. The van der Waals surface area contributed by atoms with Crippen molar-refractivity contribution < 1.29 is 29.4 Å². The molecule has 1 aromatic carbocycles. The molecule has 202 valence electrons. The van der Waals surface area contributed by atoms with E-state index >= 15 is 0 Å². The van der Waals surface area contributed by atoms with Crippen LogP contribution >= 0.6 is 0 Å². The first kappa shape index (κ1) is 27.9. The lowest BCUT2D eigenvalue weighted by atomic mass is 10.0. The summed E-state index contributed by atoms with van der Waals surface area (Å²) in [5, 5.41) is 26.4. The van der Waals surface area contributed by atoms with Gasteiger partial charge in [-0.05, 0) is 31.0 Å². The molecule has 0 spiro atoms. The van der Waals surface area contributed by atoms with Crippen molar-refractivity contribution in [3.05, 3.63) is 66.3 Å². The molecule has 2 aromatic heterocycles. The van der Waals surface area contributed by atoms with Crippen molar-refractivity contribution >= 4 is 23.7 Å². The number of amides is 3. The number of aromatic amines is 2. The number of nitrogens with one attached hydrogen (secondary N) is 5. The average Bonchev–Trinajstić information content (AvgIpc) is 3.58. The molecule has 14 heteroatoms. The monoisotopic (exact) mass is 526 g/mol. The van der Waals surface area contributed by atoms with Crippen molar-refractivity contribution in [2.45, 2.75) is 50.4 Å². The van der Waals surface area contributed by atoms with E-state index in [1.807, 2.05) is 0 Å². The van der Waals surface area contributed by atoms with Gasteiger partial charge in [-0.3, -0.25) is 14.4 Å². The van der Waals surface area contributed by atoms with E-state index in [1.165, 1.54) is 44.1 Å². The van der Waals surface area contributed by atoms with Gasteiger partial charge in [0.25, 0.3) is 0 Å². The van der Waals surface area contributed by atoms with Gasteiger partial charge in [0.1, 0.15) is 23.9 Å². The van der Waals surface area contributed by atoms with E-state index in [9.17, 15) is 29.4 Å². The van der Waals surface area contributed by atoms with Gasteiger partial charge in [-0.15, -0.1) is 0 Å². The minimum absolute atomic E-state index is 0.0286. The summed E-state index contributed by atoms with van der Waals surface area (Å²) in [6, 6.07) is 1.76. The second-order valence-corrected chi connectivity index (χ2v) is 8.73. The topological polar surface area (TPSA) is 228 Å². The molecule has 0 fully saturated rings. The lowest BCUT2D eigenvalue weighted by molar-refractivity contribution is -0.142. The number of carbonyl (C=O) groups excluding carboxylic acids is 3. The van der Waals surface area contributed by atoms with Gasteiger partial charge in [-0.1, -0.05) is 12.1 Å². The van der Waals surface area contributed by atoms with Crippen molar-refractivity contribution in [3.8, 4) is 5.75 Å². The first-order valence-electron chi connectivity index (χ1n) is 11.7. The number of carbonyl (C=O) groups is 4. The van der Waals surface area contributed by atoms with Crippen LogP contribution in [0.1, 0.15) is 23.9 Å². The Kier molecular flexibility index (Phi) is 9.54. The maximum atomic E-state index is 13.1. The van der Waals surface area contributed by atoms with Gasteiger partial charge in [0.2, 0.25) is 17.7 Å². The zero-order valence-corrected chi connectivity index (χ0v) is 20.5.